The zero-order chi connectivity index (χ0) is 13.8. The van der Waals surface area contributed by atoms with Crippen molar-refractivity contribution in [3.63, 3.8) is 0 Å². The summed E-state index contributed by atoms with van der Waals surface area (Å²) in [5, 5.41) is 0. The third-order valence-electron chi connectivity index (χ3n) is 4.12. The SMILES string of the molecule is CN(C1CCC(C)(C)CC1)S(=O)(=O)CCCCN. The van der Waals surface area contributed by atoms with Crippen LogP contribution in [0.3, 0.4) is 0 Å². The Kier molecular flexibility index (Phi) is 5.62. The van der Waals surface area contributed by atoms with Crippen LogP contribution in [0, 0.1) is 5.41 Å². The molecule has 0 aromatic rings. The van der Waals surface area contributed by atoms with Crippen molar-refractivity contribution >= 4 is 10.0 Å². The van der Waals surface area contributed by atoms with Gasteiger partial charge < -0.3 is 5.73 Å². The average molecular weight is 276 g/mol. The van der Waals surface area contributed by atoms with Crippen LogP contribution in [-0.4, -0.2) is 38.1 Å². The highest BCUT2D eigenvalue weighted by Gasteiger charge is 2.32. The van der Waals surface area contributed by atoms with Crippen LogP contribution in [0.5, 0.6) is 0 Å². The molecule has 0 aliphatic heterocycles. The van der Waals surface area contributed by atoms with Gasteiger partial charge in [0.25, 0.3) is 0 Å². The van der Waals surface area contributed by atoms with Crippen LogP contribution in [0.4, 0.5) is 0 Å². The van der Waals surface area contributed by atoms with Crippen molar-refractivity contribution in [3.05, 3.63) is 0 Å². The molecule has 0 amide bonds. The maximum Gasteiger partial charge on any atom is 0.214 e. The van der Waals surface area contributed by atoms with Gasteiger partial charge in [-0.05, 0) is 50.5 Å². The topological polar surface area (TPSA) is 63.4 Å². The number of nitrogens with zero attached hydrogens (tertiary/aromatic N) is 1. The molecule has 0 saturated heterocycles. The van der Waals surface area contributed by atoms with Gasteiger partial charge in [0.15, 0.2) is 0 Å². The van der Waals surface area contributed by atoms with Gasteiger partial charge in [-0.1, -0.05) is 13.8 Å². The van der Waals surface area contributed by atoms with Crippen molar-refractivity contribution < 1.29 is 8.42 Å². The van der Waals surface area contributed by atoms with E-state index in [0.29, 0.717) is 18.4 Å². The first-order chi connectivity index (χ1) is 8.28. The molecule has 1 saturated carbocycles. The summed E-state index contributed by atoms with van der Waals surface area (Å²) in [4.78, 5) is 0. The quantitative estimate of drug-likeness (QED) is 0.754. The lowest BCUT2D eigenvalue weighted by Gasteiger charge is -2.38. The number of hydrogen-bond donors (Lipinski definition) is 1. The molecule has 1 rings (SSSR count). The van der Waals surface area contributed by atoms with E-state index in [2.05, 4.69) is 13.8 Å². The van der Waals surface area contributed by atoms with Gasteiger partial charge in [-0.2, -0.15) is 0 Å². The third kappa shape index (κ3) is 4.52. The number of hydrogen-bond acceptors (Lipinski definition) is 3. The van der Waals surface area contributed by atoms with Crippen LogP contribution in [0.1, 0.15) is 52.4 Å². The van der Waals surface area contributed by atoms with E-state index in [1.807, 2.05) is 0 Å². The fourth-order valence-electron chi connectivity index (χ4n) is 2.55. The van der Waals surface area contributed by atoms with E-state index >= 15 is 0 Å². The Hall–Kier alpha value is -0.130. The molecule has 0 radical (unpaired) electrons. The molecule has 1 aliphatic rings. The zero-order valence-electron chi connectivity index (χ0n) is 12.0. The minimum absolute atomic E-state index is 0.195. The summed E-state index contributed by atoms with van der Waals surface area (Å²) in [6.45, 7) is 5.09. The lowest BCUT2D eigenvalue weighted by molar-refractivity contribution is 0.174. The standard InChI is InChI=1S/C13H28N2O2S/c1-13(2)8-6-12(7-9-13)15(3)18(16,17)11-5-4-10-14/h12H,4-11,14H2,1-3H3. The Labute approximate surface area is 112 Å². The van der Waals surface area contributed by atoms with Crippen molar-refractivity contribution in [1.29, 1.82) is 0 Å². The van der Waals surface area contributed by atoms with Gasteiger partial charge in [0.1, 0.15) is 0 Å². The first-order valence-electron chi connectivity index (χ1n) is 6.94. The molecule has 18 heavy (non-hydrogen) atoms. The normalized spacial score (nSPS) is 21.4. The van der Waals surface area contributed by atoms with E-state index in [9.17, 15) is 8.42 Å². The summed E-state index contributed by atoms with van der Waals surface area (Å²) >= 11 is 0. The van der Waals surface area contributed by atoms with Gasteiger partial charge in [0, 0.05) is 13.1 Å². The van der Waals surface area contributed by atoms with Gasteiger partial charge in [0.05, 0.1) is 5.75 Å². The number of sulfonamides is 1. The summed E-state index contributed by atoms with van der Waals surface area (Å²) in [5.74, 6) is 0.237. The van der Waals surface area contributed by atoms with Crippen LogP contribution in [-0.2, 0) is 10.0 Å². The highest BCUT2D eigenvalue weighted by atomic mass is 32.2. The molecule has 5 heteroatoms. The average Bonchev–Trinajstić information content (AvgIpc) is 2.28. The fourth-order valence-corrected chi connectivity index (χ4v) is 4.07. The molecular weight excluding hydrogens is 248 g/mol. The van der Waals surface area contributed by atoms with Crippen molar-refractivity contribution in [1.82, 2.24) is 4.31 Å². The molecule has 0 heterocycles. The van der Waals surface area contributed by atoms with Gasteiger partial charge in [-0.25, -0.2) is 12.7 Å². The first kappa shape index (κ1) is 15.9. The van der Waals surface area contributed by atoms with Gasteiger partial charge in [-0.3, -0.25) is 0 Å². The first-order valence-corrected chi connectivity index (χ1v) is 8.55. The molecule has 0 bridgehead atoms. The lowest BCUT2D eigenvalue weighted by Crippen LogP contribution is -2.41. The van der Waals surface area contributed by atoms with E-state index in [0.717, 1.165) is 32.1 Å². The van der Waals surface area contributed by atoms with Crippen LogP contribution >= 0.6 is 0 Å². The van der Waals surface area contributed by atoms with E-state index in [4.69, 9.17) is 5.73 Å². The van der Waals surface area contributed by atoms with Crippen molar-refractivity contribution in [3.8, 4) is 0 Å². The Morgan fingerprint density at radius 2 is 1.78 bits per heavy atom. The highest BCUT2D eigenvalue weighted by Crippen LogP contribution is 2.37. The van der Waals surface area contributed by atoms with Crippen LogP contribution in [0.2, 0.25) is 0 Å². The highest BCUT2D eigenvalue weighted by molar-refractivity contribution is 7.89. The predicted octanol–water partition coefficient (Wildman–Crippen LogP) is 1.96. The van der Waals surface area contributed by atoms with Crippen LogP contribution < -0.4 is 5.73 Å². The maximum atomic E-state index is 12.2. The van der Waals surface area contributed by atoms with E-state index in [-0.39, 0.29) is 11.8 Å². The molecule has 2 N–H and O–H groups in total. The number of unbranched alkanes of at least 4 members (excludes halogenated alkanes) is 1. The molecule has 1 aliphatic carbocycles. The summed E-state index contributed by atoms with van der Waals surface area (Å²) in [6, 6.07) is 0.195. The van der Waals surface area contributed by atoms with E-state index in [1.165, 1.54) is 0 Å². The lowest BCUT2D eigenvalue weighted by atomic mass is 9.76. The molecule has 0 unspecified atom stereocenters. The number of nitrogens with two attached hydrogens (primary N) is 1. The Bertz CT molecular complexity index is 342. The van der Waals surface area contributed by atoms with E-state index < -0.39 is 10.0 Å². The maximum absolute atomic E-state index is 12.2. The molecule has 1 fully saturated rings. The Balaban J connectivity index is 2.51. The summed E-state index contributed by atoms with van der Waals surface area (Å²) in [6.07, 6.45) is 5.64. The minimum atomic E-state index is -3.09. The van der Waals surface area contributed by atoms with Gasteiger partial charge >= 0.3 is 0 Å². The fraction of sp³-hybridized carbons (Fsp3) is 1.00. The molecular formula is C13H28N2O2S. The van der Waals surface area contributed by atoms with Crippen LogP contribution in [0.25, 0.3) is 0 Å². The second kappa shape index (κ2) is 6.35. The summed E-state index contributed by atoms with van der Waals surface area (Å²) in [7, 11) is -1.35. The molecule has 4 nitrogen and oxygen atoms in total. The summed E-state index contributed by atoms with van der Waals surface area (Å²) in [5.41, 5.74) is 5.77. The third-order valence-corrected chi connectivity index (χ3v) is 6.10. The van der Waals surface area contributed by atoms with E-state index in [1.54, 1.807) is 11.4 Å². The predicted molar refractivity (Wildman–Crippen MR) is 75.9 cm³/mol. The minimum Gasteiger partial charge on any atom is -0.330 e. The van der Waals surface area contributed by atoms with Crippen molar-refractivity contribution in [2.24, 2.45) is 11.1 Å². The molecule has 0 aromatic heterocycles. The smallest absolute Gasteiger partial charge is 0.214 e. The molecule has 0 spiro atoms. The summed E-state index contributed by atoms with van der Waals surface area (Å²) < 4.78 is 25.9. The molecule has 0 aromatic carbocycles. The molecule has 108 valence electrons. The Morgan fingerprint density at radius 1 is 1.22 bits per heavy atom. The van der Waals surface area contributed by atoms with Gasteiger partial charge in [-0.15, -0.1) is 0 Å². The van der Waals surface area contributed by atoms with Gasteiger partial charge in [0.2, 0.25) is 10.0 Å². The van der Waals surface area contributed by atoms with Crippen molar-refractivity contribution in [2.75, 3.05) is 19.3 Å². The van der Waals surface area contributed by atoms with Crippen LogP contribution in [0.15, 0.2) is 0 Å². The number of rotatable bonds is 6. The second-order valence-electron chi connectivity index (χ2n) is 6.22. The zero-order valence-corrected chi connectivity index (χ0v) is 12.8. The van der Waals surface area contributed by atoms with Crippen molar-refractivity contribution in [2.45, 2.75) is 58.4 Å². The largest absolute Gasteiger partial charge is 0.330 e. The Morgan fingerprint density at radius 3 is 2.28 bits per heavy atom. The monoisotopic (exact) mass is 276 g/mol. The second-order valence-corrected chi connectivity index (χ2v) is 8.37. The molecule has 0 atom stereocenters.